The predicted molar refractivity (Wildman–Crippen MR) is 54.6 cm³/mol. The number of carboxylic acid groups (broad SMARTS) is 1. The first kappa shape index (κ1) is 15.0. The van der Waals surface area contributed by atoms with Gasteiger partial charge in [0.1, 0.15) is 0 Å². The molecule has 78 valence electrons. The molecule has 0 radical (unpaired) electrons. The Morgan fingerprint density at radius 2 is 2.14 bits per heavy atom. The molecule has 0 aliphatic carbocycles. The summed E-state index contributed by atoms with van der Waals surface area (Å²) in [4.78, 5) is 12.6. The summed E-state index contributed by atoms with van der Waals surface area (Å²) >= 11 is 0. The first-order valence-corrected chi connectivity index (χ1v) is 4.55. The van der Waals surface area contributed by atoms with Gasteiger partial charge in [-0.2, -0.15) is 0 Å². The van der Waals surface area contributed by atoms with E-state index < -0.39 is 12.2 Å². The quantitative estimate of drug-likeness (QED) is 0.585. The molecule has 0 amide bonds. The minimum atomic E-state index is -0.899. The number of aliphatic carboxylic acids is 1. The molecule has 6 heteroatoms. The molecular formula is C8H17KN2O3. The number of ether oxygens (including phenoxy) is 1. The van der Waals surface area contributed by atoms with Gasteiger partial charge in [-0.15, -0.1) is 0 Å². The standard InChI is InChI=1S/C8H16N2O3.K.H/c1-2-13-7(8(11)12)10-5-3-9-4-6-10;;/h7,9H,2-6H2,1H3,(H,11,12);;. The van der Waals surface area contributed by atoms with Gasteiger partial charge in [-0.1, -0.05) is 0 Å². The number of nitrogens with zero attached hydrogens (tertiary/aromatic N) is 1. The summed E-state index contributed by atoms with van der Waals surface area (Å²) in [7, 11) is 0. The monoisotopic (exact) mass is 228 g/mol. The van der Waals surface area contributed by atoms with E-state index in [1.165, 1.54) is 0 Å². The van der Waals surface area contributed by atoms with E-state index in [2.05, 4.69) is 5.32 Å². The third kappa shape index (κ3) is 4.67. The summed E-state index contributed by atoms with van der Waals surface area (Å²) in [5.74, 6) is -0.899. The number of hydrogen-bond acceptors (Lipinski definition) is 4. The van der Waals surface area contributed by atoms with E-state index in [0.717, 1.165) is 26.2 Å². The first-order chi connectivity index (χ1) is 6.25. The van der Waals surface area contributed by atoms with Crippen molar-refractivity contribution in [3.05, 3.63) is 0 Å². The average Bonchev–Trinajstić information content (AvgIpc) is 2.15. The Bertz CT molecular complexity index is 174. The molecule has 1 rings (SSSR count). The van der Waals surface area contributed by atoms with Gasteiger partial charge in [0.05, 0.1) is 0 Å². The Kier molecular flexibility index (Phi) is 8.75. The van der Waals surface area contributed by atoms with Gasteiger partial charge in [-0.25, -0.2) is 4.79 Å². The van der Waals surface area contributed by atoms with Gasteiger partial charge < -0.3 is 15.2 Å². The van der Waals surface area contributed by atoms with Crippen molar-refractivity contribution in [2.24, 2.45) is 0 Å². The molecule has 1 heterocycles. The van der Waals surface area contributed by atoms with E-state index in [0.29, 0.717) is 6.61 Å². The third-order valence-electron chi connectivity index (χ3n) is 2.02. The van der Waals surface area contributed by atoms with Crippen molar-refractivity contribution in [1.29, 1.82) is 0 Å². The normalized spacial score (nSPS) is 19.8. The van der Waals surface area contributed by atoms with Gasteiger partial charge in [-0.05, 0) is 6.92 Å². The van der Waals surface area contributed by atoms with Crippen molar-refractivity contribution < 1.29 is 14.6 Å². The summed E-state index contributed by atoms with van der Waals surface area (Å²) in [6.45, 7) is 5.36. The molecule has 5 nitrogen and oxygen atoms in total. The summed E-state index contributed by atoms with van der Waals surface area (Å²) in [6, 6.07) is 0. The molecule has 1 aliphatic rings. The molecule has 1 atom stereocenters. The maximum absolute atomic E-state index is 10.8. The molecule has 1 fully saturated rings. The van der Waals surface area contributed by atoms with Crippen LogP contribution < -0.4 is 5.32 Å². The molecule has 0 bridgehead atoms. The Morgan fingerprint density at radius 1 is 1.57 bits per heavy atom. The number of carboxylic acids is 1. The van der Waals surface area contributed by atoms with Crippen molar-refractivity contribution in [1.82, 2.24) is 10.2 Å². The van der Waals surface area contributed by atoms with E-state index in [4.69, 9.17) is 9.84 Å². The Hall–Kier alpha value is 0.986. The molecule has 0 aromatic rings. The zero-order valence-electron chi connectivity index (χ0n) is 7.82. The molecule has 0 spiro atoms. The third-order valence-corrected chi connectivity index (χ3v) is 2.02. The topological polar surface area (TPSA) is 61.8 Å². The van der Waals surface area contributed by atoms with E-state index in [1.807, 2.05) is 4.90 Å². The number of nitrogens with one attached hydrogen (secondary N) is 1. The second-order valence-electron chi connectivity index (χ2n) is 2.93. The van der Waals surface area contributed by atoms with Crippen LogP contribution >= 0.6 is 0 Å². The maximum atomic E-state index is 10.8. The fourth-order valence-corrected chi connectivity index (χ4v) is 1.41. The van der Waals surface area contributed by atoms with Crippen LogP contribution in [0.25, 0.3) is 0 Å². The summed E-state index contributed by atoms with van der Waals surface area (Å²) in [5.41, 5.74) is 0. The Morgan fingerprint density at radius 3 is 2.57 bits per heavy atom. The van der Waals surface area contributed by atoms with Crippen molar-refractivity contribution in [3.8, 4) is 0 Å². The summed E-state index contributed by atoms with van der Waals surface area (Å²) < 4.78 is 5.14. The number of rotatable bonds is 4. The van der Waals surface area contributed by atoms with Crippen LogP contribution in [0.15, 0.2) is 0 Å². The molecule has 2 N–H and O–H groups in total. The van der Waals surface area contributed by atoms with Gasteiger partial charge in [0.25, 0.3) is 0 Å². The summed E-state index contributed by atoms with van der Waals surface area (Å²) in [5, 5.41) is 12.0. The molecule has 1 unspecified atom stereocenters. The molecule has 14 heavy (non-hydrogen) atoms. The number of carbonyl (C=O) groups is 1. The van der Waals surface area contributed by atoms with Crippen LogP contribution in [0.5, 0.6) is 0 Å². The van der Waals surface area contributed by atoms with Crippen LogP contribution in [-0.2, 0) is 9.53 Å². The first-order valence-electron chi connectivity index (χ1n) is 4.55. The number of hydrogen-bond donors (Lipinski definition) is 2. The van der Waals surface area contributed by atoms with Gasteiger partial charge in [0.15, 0.2) is 0 Å². The Balaban J connectivity index is 0.00000169. The SMILES string of the molecule is CCOC(C(=O)O)N1CCNCC1.[KH]. The van der Waals surface area contributed by atoms with E-state index in [1.54, 1.807) is 6.92 Å². The Labute approximate surface area is 127 Å². The van der Waals surface area contributed by atoms with Crippen LogP contribution in [0.4, 0.5) is 0 Å². The van der Waals surface area contributed by atoms with Crippen molar-refractivity contribution in [2.75, 3.05) is 32.8 Å². The molecular weight excluding hydrogens is 211 g/mol. The van der Waals surface area contributed by atoms with Crippen LogP contribution in [0, 0.1) is 0 Å². The summed E-state index contributed by atoms with van der Waals surface area (Å²) in [6.07, 6.45) is -0.771. The fraction of sp³-hybridized carbons (Fsp3) is 0.875. The predicted octanol–water partition coefficient (Wildman–Crippen LogP) is -1.31. The molecule has 0 aromatic heterocycles. The van der Waals surface area contributed by atoms with E-state index >= 15 is 0 Å². The van der Waals surface area contributed by atoms with Crippen LogP contribution in [0.1, 0.15) is 6.92 Å². The fourth-order valence-electron chi connectivity index (χ4n) is 1.41. The van der Waals surface area contributed by atoms with Gasteiger partial charge in [0, 0.05) is 32.8 Å². The minimum absolute atomic E-state index is 0. The zero-order chi connectivity index (χ0) is 9.68. The molecule has 0 aromatic carbocycles. The second kappa shape index (κ2) is 8.17. The van der Waals surface area contributed by atoms with Gasteiger partial charge >= 0.3 is 57.4 Å². The van der Waals surface area contributed by atoms with Gasteiger partial charge in [0.2, 0.25) is 6.23 Å². The second-order valence-corrected chi connectivity index (χ2v) is 2.93. The zero-order valence-corrected chi connectivity index (χ0v) is 7.82. The van der Waals surface area contributed by atoms with Crippen LogP contribution in [0.2, 0.25) is 0 Å². The van der Waals surface area contributed by atoms with Crippen LogP contribution in [-0.4, -0.2) is 106 Å². The average molecular weight is 228 g/mol. The van der Waals surface area contributed by atoms with Gasteiger partial charge in [-0.3, -0.25) is 4.90 Å². The van der Waals surface area contributed by atoms with E-state index in [-0.39, 0.29) is 51.4 Å². The number of piperazine rings is 1. The van der Waals surface area contributed by atoms with E-state index in [9.17, 15) is 4.79 Å². The molecule has 0 saturated carbocycles. The molecule has 1 saturated heterocycles. The van der Waals surface area contributed by atoms with Crippen molar-refractivity contribution in [3.63, 3.8) is 0 Å². The van der Waals surface area contributed by atoms with Crippen molar-refractivity contribution >= 4 is 57.4 Å². The molecule has 1 aliphatic heterocycles. The van der Waals surface area contributed by atoms with Crippen molar-refractivity contribution in [2.45, 2.75) is 13.2 Å². The van der Waals surface area contributed by atoms with Crippen LogP contribution in [0.3, 0.4) is 0 Å².